The summed E-state index contributed by atoms with van der Waals surface area (Å²) in [6.45, 7) is 3.58. The van der Waals surface area contributed by atoms with Crippen molar-refractivity contribution in [1.82, 2.24) is 0 Å². The van der Waals surface area contributed by atoms with Crippen molar-refractivity contribution >= 4 is 92.5 Å². The van der Waals surface area contributed by atoms with Crippen molar-refractivity contribution in [1.29, 1.82) is 0 Å². The third-order valence-electron chi connectivity index (χ3n) is 7.42. The Bertz CT molecular complexity index is 1890. The fourth-order valence-corrected chi connectivity index (χ4v) is 10.7. The number of esters is 1. The van der Waals surface area contributed by atoms with E-state index in [1.807, 2.05) is 52.3 Å². The molecule has 202 valence electrons. The summed E-state index contributed by atoms with van der Waals surface area (Å²) in [4.78, 5) is 14.7. The van der Waals surface area contributed by atoms with Crippen molar-refractivity contribution in [3.63, 3.8) is 0 Å². The van der Waals surface area contributed by atoms with Gasteiger partial charge in [-0.2, -0.15) is 0 Å². The summed E-state index contributed by atoms with van der Waals surface area (Å²) in [7, 11) is 0. The molecular formula is C35H26O2S4. The van der Waals surface area contributed by atoms with Crippen molar-refractivity contribution in [2.75, 3.05) is 11.5 Å². The molecule has 6 aromatic rings. The normalized spacial score (nSPS) is 14.6. The summed E-state index contributed by atoms with van der Waals surface area (Å²) in [5.74, 6) is 2.02. The highest BCUT2D eigenvalue weighted by molar-refractivity contribution is 8.00. The minimum Gasteiger partial charge on any atom is -0.428 e. The van der Waals surface area contributed by atoms with E-state index in [0.29, 0.717) is 12.2 Å². The molecule has 0 atom stereocenters. The minimum atomic E-state index is -0.411. The van der Waals surface area contributed by atoms with Crippen molar-refractivity contribution in [3.05, 3.63) is 122 Å². The number of fused-ring (bicyclic) bond motifs is 6. The van der Waals surface area contributed by atoms with Gasteiger partial charge in [0.1, 0.15) is 5.76 Å². The SMILES string of the molecule is C=CC(=O)OC1=CC=CC(CSc2cccc3c2sc2ccccc23)(CSc2cccc3c2sc2ccccc23)C1. The van der Waals surface area contributed by atoms with Crippen LogP contribution in [0.4, 0.5) is 0 Å². The zero-order chi connectivity index (χ0) is 27.8. The van der Waals surface area contributed by atoms with Gasteiger partial charge in [0.25, 0.3) is 0 Å². The molecule has 4 aromatic carbocycles. The maximum absolute atomic E-state index is 12.1. The molecule has 1 aliphatic rings. The van der Waals surface area contributed by atoms with Gasteiger partial charge in [0.2, 0.25) is 0 Å². The second-order valence-electron chi connectivity index (χ2n) is 10.2. The van der Waals surface area contributed by atoms with Gasteiger partial charge in [-0.15, -0.1) is 46.2 Å². The topological polar surface area (TPSA) is 26.3 Å². The Kier molecular flexibility index (Phi) is 7.25. The van der Waals surface area contributed by atoms with Crippen LogP contribution in [-0.2, 0) is 9.53 Å². The number of ether oxygens (including phenoxy) is 1. The maximum Gasteiger partial charge on any atom is 0.335 e. The average molecular weight is 607 g/mol. The lowest BCUT2D eigenvalue weighted by molar-refractivity contribution is -0.134. The number of rotatable bonds is 8. The molecule has 0 saturated carbocycles. The number of hydrogen-bond acceptors (Lipinski definition) is 6. The van der Waals surface area contributed by atoms with Gasteiger partial charge < -0.3 is 4.74 Å². The molecule has 0 amide bonds. The lowest BCUT2D eigenvalue weighted by Crippen LogP contribution is -2.28. The van der Waals surface area contributed by atoms with Gasteiger partial charge in [-0.1, -0.05) is 79.4 Å². The summed E-state index contributed by atoms with van der Waals surface area (Å²) in [5.41, 5.74) is -0.196. The van der Waals surface area contributed by atoms with Crippen LogP contribution in [0, 0.1) is 5.41 Å². The van der Waals surface area contributed by atoms with Crippen LogP contribution < -0.4 is 0 Å². The van der Waals surface area contributed by atoms with Crippen molar-refractivity contribution in [2.24, 2.45) is 5.41 Å². The van der Waals surface area contributed by atoms with Gasteiger partial charge >= 0.3 is 5.97 Å². The highest BCUT2D eigenvalue weighted by atomic mass is 32.2. The Morgan fingerprint density at radius 1 is 0.780 bits per heavy atom. The lowest BCUT2D eigenvalue weighted by Gasteiger charge is -2.33. The molecule has 0 radical (unpaired) electrons. The van der Waals surface area contributed by atoms with Crippen LogP contribution in [0.15, 0.2) is 131 Å². The Hall–Kier alpha value is -3.29. The first-order valence-corrected chi connectivity index (χ1v) is 17.0. The second kappa shape index (κ2) is 11.2. The van der Waals surface area contributed by atoms with Gasteiger partial charge in [0.15, 0.2) is 0 Å². The first-order valence-electron chi connectivity index (χ1n) is 13.4. The van der Waals surface area contributed by atoms with Gasteiger partial charge in [0.05, 0.1) is 0 Å². The largest absolute Gasteiger partial charge is 0.428 e. The van der Waals surface area contributed by atoms with Gasteiger partial charge in [-0.3, -0.25) is 0 Å². The second-order valence-corrected chi connectivity index (χ2v) is 14.3. The van der Waals surface area contributed by atoms with Crippen LogP contribution in [0.25, 0.3) is 40.3 Å². The summed E-state index contributed by atoms with van der Waals surface area (Å²) in [6.07, 6.45) is 8.17. The van der Waals surface area contributed by atoms with Gasteiger partial charge in [0, 0.05) is 79.6 Å². The number of benzene rings is 4. The first kappa shape index (κ1) is 26.6. The van der Waals surface area contributed by atoms with E-state index in [9.17, 15) is 4.79 Å². The molecule has 41 heavy (non-hydrogen) atoms. The van der Waals surface area contributed by atoms with Crippen LogP contribution >= 0.6 is 46.2 Å². The molecule has 6 heteroatoms. The standard InChI is InChI=1S/C35H26O2S4/c1-2-32(36)37-23-10-9-19-35(20-23,21-38-30-17-7-13-26-24-11-3-5-15-28(24)40-33(26)30)22-39-31-18-8-14-27-25-12-4-6-16-29(25)41-34(27)31/h2-19H,1,20-22H2. The van der Waals surface area contributed by atoms with Crippen LogP contribution in [0.2, 0.25) is 0 Å². The molecular weight excluding hydrogens is 581 g/mol. The van der Waals surface area contributed by atoms with E-state index < -0.39 is 5.97 Å². The van der Waals surface area contributed by atoms with E-state index >= 15 is 0 Å². The molecule has 0 aliphatic heterocycles. The molecule has 0 N–H and O–H groups in total. The third kappa shape index (κ3) is 5.15. The molecule has 0 fully saturated rings. The summed E-state index contributed by atoms with van der Waals surface area (Å²) in [6, 6.07) is 30.6. The number of hydrogen-bond donors (Lipinski definition) is 0. The smallest absolute Gasteiger partial charge is 0.335 e. The monoisotopic (exact) mass is 606 g/mol. The number of carbonyl (C=O) groups is 1. The lowest BCUT2D eigenvalue weighted by atomic mass is 9.84. The van der Waals surface area contributed by atoms with E-state index in [1.54, 1.807) is 0 Å². The molecule has 2 heterocycles. The number of thiophene rings is 2. The van der Waals surface area contributed by atoms with E-state index in [0.717, 1.165) is 11.5 Å². The van der Waals surface area contributed by atoms with E-state index in [2.05, 4.69) is 104 Å². The van der Waals surface area contributed by atoms with Gasteiger partial charge in [-0.25, -0.2) is 4.79 Å². The van der Waals surface area contributed by atoms with Gasteiger partial charge in [-0.05, 0) is 30.3 Å². The predicted octanol–water partition coefficient (Wildman–Crippen LogP) is 10.9. The summed E-state index contributed by atoms with van der Waals surface area (Å²) < 4.78 is 11.0. The number of carbonyl (C=O) groups excluding carboxylic acids is 1. The number of allylic oxidation sites excluding steroid dienone is 4. The van der Waals surface area contributed by atoms with E-state index in [1.165, 1.54) is 56.2 Å². The molecule has 0 spiro atoms. The Labute approximate surface area is 255 Å². The summed E-state index contributed by atoms with van der Waals surface area (Å²) >= 11 is 7.53. The zero-order valence-corrected chi connectivity index (χ0v) is 25.4. The Morgan fingerprint density at radius 2 is 1.32 bits per heavy atom. The third-order valence-corrected chi connectivity index (χ3v) is 12.9. The Balaban J connectivity index is 1.21. The molecule has 0 bridgehead atoms. The molecule has 0 unspecified atom stereocenters. The van der Waals surface area contributed by atoms with E-state index in [-0.39, 0.29) is 5.41 Å². The zero-order valence-electron chi connectivity index (χ0n) is 22.2. The number of thioether (sulfide) groups is 2. The van der Waals surface area contributed by atoms with Crippen molar-refractivity contribution < 1.29 is 9.53 Å². The highest BCUT2D eigenvalue weighted by Gasteiger charge is 2.33. The maximum atomic E-state index is 12.1. The molecule has 2 nitrogen and oxygen atoms in total. The average Bonchev–Trinajstić information content (AvgIpc) is 3.58. The molecule has 2 aromatic heterocycles. The highest BCUT2D eigenvalue weighted by Crippen LogP contribution is 2.47. The van der Waals surface area contributed by atoms with Crippen LogP contribution in [-0.4, -0.2) is 17.5 Å². The quantitative estimate of drug-likeness (QED) is 0.0978. The molecule has 1 aliphatic carbocycles. The Morgan fingerprint density at radius 3 is 1.88 bits per heavy atom. The summed E-state index contributed by atoms with van der Waals surface area (Å²) in [5, 5.41) is 5.26. The van der Waals surface area contributed by atoms with E-state index in [4.69, 9.17) is 4.74 Å². The van der Waals surface area contributed by atoms with Crippen LogP contribution in [0.3, 0.4) is 0 Å². The fourth-order valence-electron chi connectivity index (χ4n) is 5.42. The van der Waals surface area contributed by atoms with Crippen molar-refractivity contribution in [3.8, 4) is 0 Å². The predicted molar refractivity (Wildman–Crippen MR) is 181 cm³/mol. The fraction of sp³-hybridized carbons (Fsp3) is 0.114. The minimum absolute atomic E-state index is 0.196. The van der Waals surface area contributed by atoms with Crippen LogP contribution in [0.5, 0.6) is 0 Å². The molecule has 7 rings (SSSR count). The van der Waals surface area contributed by atoms with Crippen molar-refractivity contribution in [2.45, 2.75) is 16.2 Å². The molecule has 0 saturated heterocycles. The first-order chi connectivity index (χ1) is 20.1. The van der Waals surface area contributed by atoms with Crippen LogP contribution in [0.1, 0.15) is 6.42 Å².